The average Bonchev–Trinajstić information content (AvgIpc) is 2.10. The van der Waals surface area contributed by atoms with Crippen LogP contribution in [0.4, 0.5) is 0 Å². The van der Waals surface area contributed by atoms with E-state index < -0.39 is 0 Å². The third-order valence-electron chi connectivity index (χ3n) is 1.95. The van der Waals surface area contributed by atoms with Crippen LogP contribution in [-0.4, -0.2) is 18.9 Å². The second-order valence-corrected chi connectivity index (χ2v) is 2.60. The molecule has 0 aliphatic heterocycles. The lowest BCUT2D eigenvalue weighted by Crippen LogP contribution is -2.29. The highest BCUT2D eigenvalue weighted by atomic mass is 16.1. The lowest BCUT2D eigenvalue weighted by Gasteiger charge is -2.19. The Morgan fingerprint density at radius 1 is 1.27 bits per heavy atom. The maximum atomic E-state index is 10.7. The van der Waals surface area contributed by atoms with Crippen LogP contribution < -0.4 is 5.32 Å². The first-order valence-corrected chi connectivity index (χ1v) is 4.52. The van der Waals surface area contributed by atoms with Crippen LogP contribution in [-0.2, 0) is 4.79 Å². The van der Waals surface area contributed by atoms with Gasteiger partial charge in [0.15, 0.2) is 0 Å². The van der Waals surface area contributed by atoms with Crippen LogP contribution in [0.25, 0.3) is 0 Å². The number of rotatable bonds is 1. The normalized spacial score (nSPS) is 19.0. The second-order valence-electron chi connectivity index (χ2n) is 2.60. The van der Waals surface area contributed by atoms with Crippen molar-refractivity contribution in [1.82, 2.24) is 5.32 Å². The van der Waals surface area contributed by atoms with E-state index in [0.29, 0.717) is 11.8 Å². The Morgan fingerprint density at radius 2 is 1.73 bits per heavy atom. The van der Waals surface area contributed by atoms with Crippen molar-refractivity contribution in [2.45, 2.75) is 45.6 Å². The van der Waals surface area contributed by atoms with E-state index in [1.54, 1.807) is 0 Å². The number of carbonyl (C=O) groups excluding carboxylic acids is 1. The maximum absolute atomic E-state index is 10.7. The van der Waals surface area contributed by atoms with Crippen molar-refractivity contribution in [2.24, 2.45) is 0 Å². The summed E-state index contributed by atoms with van der Waals surface area (Å²) in [6.07, 6.45) is 3.64. The maximum Gasteiger partial charge on any atom is 0.133 e. The Bertz CT molecular complexity index is 102. The third kappa shape index (κ3) is 4.14. The minimum Gasteiger partial charge on any atom is -0.317 e. The molecule has 0 radical (unpaired) electrons. The summed E-state index contributed by atoms with van der Waals surface area (Å²) in [7, 11) is 1.96. The van der Waals surface area contributed by atoms with Crippen LogP contribution in [0.2, 0.25) is 0 Å². The fourth-order valence-electron chi connectivity index (χ4n) is 1.23. The van der Waals surface area contributed by atoms with Crippen molar-refractivity contribution in [2.75, 3.05) is 7.05 Å². The molecule has 1 fully saturated rings. The number of ketones is 1. The van der Waals surface area contributed by atoms with Crippen molar-refractivity contribution in [1.29, 1.82) is 0 Å². The minimum atomic E-state index is 0.432. The summed E-state index contributed by atoms with van der Waals surface area (Å²) in [6.45, 7) is 4.00. The molecule has 1 aliphatic rings. The molecule has 0 heterocycles. The SMILES string of the molecule is CC.CNC1CCC(=O)CC1. The van der Waals surface area contributed by atoms with Crippen LogP contribution in [0.3, 0.4) is 0 Å². The Balaban J connectivity index is 0.000000461. The zero-order valence-electron chi connectivity index (χ0n) is 7.81. The van der Waals surface area contributed by atoms with Gasteiger partial charge in [0.2, 0.25) is 0 Å². The van der Waals surface area contributed by atoms with Gasteiger partial charge in [-0.15, -0.1) is 0 Å². The fraction of sp³-hybridized carbons (Fsp3) is 0.889. The molecule has 66 valence electrons. The van der Waals surface area contributed by atoms with E-state index in [4.69, 9.17) is 0 Å². The van der Waals surface area contributed by atoms with Gasteiger partial charge in [-0.25, -0.2) is 0 Å². The molecule has 1 rings (SSSR count). The molecular formula is C9H19NO. The van der Waals surface area contributed by atoms with Crippen LogP contribution in [0, 0.1) is 0 Å². The Kier molecular flexibility index (Phi) is 6.13. The first-order chi connectivity index (χ1) is 5.33. The summed E-state index contributed by atoms with van der Waals surface area (Å²) in [6, 6.07) is 0.600. The van der Waals surface area contributed by atoms with Gasteiger partial charge in [-0.05, 0) is 19.9 Å². The first-order valence-electron chi connectivity index (χ1n) is 4.52. The van der Waals surface area contributed by atoms with Crippen molar-refractivity contribution >= 4 is 5.78 Å². The van der Waals surface area contributed by atoms with Gasteiger partial charge in [0.05, 0.1) is 0 Å². The lowest BCUT2D eigenvalue weighted by molar-refractivity contribution is -0.120. The first kappa shape index (κ1) is 10.6. The molecule has 0 aromatic rings. The van der Waals surface area contributed by atoms with Crippen LogP contribution >= 0.6 is 0 Å². The lowest BCUT2D eigenvalue weighted by atomic mass is 9.95. The molecule has 0 bridgehead atoms. The van der Waals surface area contributed by atoms with Crippen molar-refractivity contribution in [3.63, 3.8) is 0 Å². The highest BCUT2D eigenvalue weighted by Gasteiger charge is 2.15. The van der Waals surface area contributed by atoms with Gasteiger partial charge in [0, 0.05) is 18.9 Å². The average molecular weight is 157 g/mol. The summed E-state index contributed by atoms with van der Waals surface area (Å²) in [5, 5.41) is 3.17. The van der Waals surface area contributed by atoms with E-state index in [9.17, 15) is 4.79 Å². The molecule has 0 atom stereocenters. The minimum absolute atomic E-state index is 0.432. The van der Waals surface area contributed by atoms with Gasteiger partial charge in [-0.2, -0.15) is 0 Å². The van der Waals surface area contributed by atoms with Crippen molar-refractivity contribution in [3.05, 3.63) is 0 Å². The largest absolute Gasteiger partial charge is 0.317 e. The van der Waals surface area contributed by atoms with Crippen molar-refractivity contribution in [3.8, 4) is 0 Å². The summed E-state index contributed by atoms with van der Waals surface area (Å²) in [5.74, 6) is 0.432. The van der Waals surface area contributed by atoms with E-state index in [-0.39, 0.29) is 0 Å². The zero-order valence-corrected chi connectivity index (χ0v) is 7.81. The van der Waals surface area contributed by atoms with Crippen LogP contribution in [0.15, 0.2) is 0 Å². The predicted molar refractivity (Wildman–Crippen MR) is 47.7 cm³/mol. The fourth-order valence-corrected chi connectivity index (χ4v) is 1.23. The highest BCUT2D eigenvalue weighted by molar-refractivity contribution is 5.79. The number of Topliss-reactive ketones (excluding diaryl/α,β-unsaturated/α-hetero) is 1. The molecule has 0 aromatic carbocycles. The molecule has 0 amide bonds. The molecule has 0 spiro atoms. The van der Waals surface area contributed by atoms with Crippen molar-refractivity contribution < 1.29 is 4.79 Å². The van der Waals surface area contributed by atoms with E-state index in [2.05, 4.69) is 5.32 Å². The molecule has 1 saturated carbocycles. The number of hydrogen-bond acceptors (Lipinski definition) is 2. The summed E-state index contributed by atoms with van der Waals surface area (Å²) in [4.78, 5) is 10.7. The van der Waals surface area contributed by atoms with Crippen LogP contribution in [0.5, 0.6) is 0 Å². The molecule has 11 heavy (non-hydrogen) atoms. The number of nitrogens with one attached hydrogen (secondary N) is 1. The van der Waals surface area contributed by atoms with Gasteiger partial charge in [0.25, 0.3) is 0 Å². The van der Waals surface area contributed by atoms with Gasteiger partial charge in [-0.3, -0.25) is 4.79 Å². The molecule has 0 unspecified atom stereocenters. The summed E-state index contributed by atoms with van der Waals surface area (Å²) < 4.78 is 0. The standard InChI is InChI=1S/C7H13NO.C2H6/c1-8-6-2-4-7(9)5-3-6;1-2/h6,8H,2-5H2,1H3;1-2H3. The van der Waals surface area contributed by atoms with Gasteiger partial charge in [0.1, 0.15) is 5.78 Å². The zero-order chi connectivity index (χ0) is 8.69. The predicted octanol–water partition coefficient (Wildman–Crippen LogP) is 1.74. The van der Waals surface area contributed by atoms with Gasteiger partial charge in [-0.1, -0.05) is 13.8 Å². The summed E-state index contributed by atoms with van der Waals surface area (Å²) >= 11 is 0. The van der Waals surface area contributed by atoms with Gasteiger partial charge < -0.3 is 5.32 Å². The third-order valence-corrected chi connectivity index (χ3v) is 1.95. The number of hydrogen-bond donors (Lipinski definition) is 1. The van der Waals surface area contributed by atoms with Crippen LogP contribution in [0.1, 0.15) is 39.5 Å². The monoisotopic (exact) mass is 157 g/mol. The summed E-state index contributed by atoms with van der Waals surface area (Å²) in [5.41, 5.74) is 0. The molecular weight excluding hydrogens is 138 g/mol. The second kappa shape index (κ2) is 6.35. The number of carbonyl (C=O) groups is 1. The molecule has 2 heteroatoms. The van der Waals surface area contributed by atoms with Gasteiger partial charge >= 0.3 is 0 Å². The molecule has 1 N–H and O–H groups in total. The molecule has 2 nitrogen and oxygen atoms in total. The Morgan fingerprint density at radius 3 is 2.09 bits per heavy atom. The van der Waals surface area contributed by atoms with E-state index in [1.807, 2.05) is 20.9 Å². The van der Waals surface area contributed by atoms with E-state index in [1.165, 1.54) is 0 Å². The quantitative estimate of drug-likeness (QED) is 0.628. The van der Waals surface area contributed by atoms with E-state index >= 15 is 0 Å². The Hall–Kier alpha value is -0.370. The molecule has 1 aliphatic carbocycles. The molecule has 0 saturated heterocycles. The molecule has 0 aromatic heterocycles. The van der Waals surface area contributed by atoms with E-state index in [0.717, 1.165) is 25.7 Å². The smallest absolute Gasteiger partial charge is 0.133 e. The Labute approximate surface area is 69.4 Å². The highest BCUT2D eigenvalue weighted by Crippen LogP contribution is 2.13. The topological polar surface area (TPSA) is 29.1 Å².